The Balaban J connectivity index is 0.000000162. The number of nitrogens with two attached hydrogens (primary N) is 1. The van der Waals surface area contributed by atoms with Crippen LogP contribution in [0, 0.1) is 0 Å². The molecule has 0 radical (unpaired) electrons. The number of carbonyl (C=O) groups is 1. The lowest BCUT2D eigenvalue weighted by molar-refractivity contribution is 0.212. The van der Waals surface area contributed by atoms with Crippen LogP contribution in [0.1, 0.15) is 0 Å². The third-order valence-corrected chi connectivity index (χ3v) is 2.11. The third kappa shape index (κ3) is 5.49. The van der Waals surface area contributed by atoms with E-state index in [4.69, 9.17) is 5.73 Å². The number of ether oxygens (including phenoxy) is 1. The molecule has 78 valence electrons. The van der Waals surface area contributed by atoms with Gasteiger partial charge in [0.2, 0.25) is 0 Å². The molecule has 1 aromatic heterocycles. The normalized spacial score (nSPS) is 8.53. The van der Waals surface area contributed by atoms with Gasteiger partial charge in [-0.15, -0.1) is 11.3 Å². The predicted octanol–water partition coefficient (Wildman–Crippen LogP) is 2.89. The minimum atomic E-state index is -0.766. The zero-order valence-electron chi connectivity index (χ0n) is 8.00. The Morgan fingerprint density at radius 2 is 1.60 bits per heavy atom. The molecule has 2 N–H and O–H groups in total. The van der Waals surface area contributed by atoms with Gasteiger partial charge in [0.15, 0.2) is 5.06 Å². The van der Waals surface area contributed by atoms with Gasteiger partial charge in [-0.25, -0.2) is 4.79 Å². The largest absolute Gasteiger partial charge is 0.410 e. The van der Waals surface area contributed by atoms with Gasteiger partial charge in [0.25, 0.3) is 0 Å². The van der Waals surface area contributed by atoms with Gasteiger partial charge in [0.1, 0.15) is 0 Å². The monoisotopic (exact) mass is 221 g/mol. The fourth-order valence-corrected chi connectivity index (χ4v) is 1.38. The molecule has 0 bridgehead atoms. The van der Waals surface area contributed by atoms with Crippen molar-refractivity contribution >= 4 is 17.4 Å². The lowest BCUT2D eigenvalue weighted by Crippen LogP contribution is -2.15. The average Bonchev–Trinajstić information content (AvgIpc) is 2.73. The minimum absolute atomic E-state index is 0.530. The van der Waals surface area contributed by atoms with Crippen molar-refractivity contribution in [2.24, 2.45) is 5.73 Å². The highest BCUT2D eigenvalue weighted by Crippen LogP contribution is 2.17. The number of hydrogen-bond acceptors (Lipinski definition) is 3. The summed E-state index contributed by atoms with van der Waals surface area (Å²) >= 11 is 1.33. The summed E-state index contributed by atoms with van der Waals surface area (Å²) < 4.78 is 4.51. The fraction of sp³-hybridized carbons (Fsp3) is 0. The van der Waals surface area contributed by atoms with Gasteiger partial charge in [-0.05, 0) is 17.5 Å². The van der Waals surface area contributed by atoms with E-state index < -0.39 is 6.09 Å². The summed E-state index contributed by atoms with van der Waals surface area (Å²) in [6.07, 6.45) is -0.766. The van der Waals surface area contributed by atoms with Crippen LogP contribution in [0.25, 0.3) is 0 Å². The van der Waals surface area contributed by atoms with E-state index in [1.165, 1.54) is 11.3 Å². The lowest BCUT2D eigenvalue weighted by atomic mass is 10.4. The number of rotatable bonds is 1. The van der Waals surface area contributed by atoms with E-state index >= 15 is 0 Å². The third-order valence-electron chi connectivity index (χ3n) is 1.36. The molecule has 0 atom stereocenters. The van der Waals surface area contributed by atoms with Gasteiger partial charge >= 0.3 is 6.09 Å². The van der Waals surface area contributed by atoms with Gasteiger partial charge in [0, 0.05) is 0 Å². The summed E-state index contributed by atoms with van der Waals surface area (Å²) in [6.45, 7) is 0. The van der Waals surface area contributed by atoms with E-state index in [-0.39, 0.29) is 0 Å². The summed E-state index contributed by atoms with van der Waals surface area (Å²) in [5.74, 6) is 0. The quantitative estimate of drug-likeness (QED) is 0.805. The standard InChI is InChI=1S/C6H6.C5H5NO2S/c1-2-4-6-5-3-1;6-5(7)8-4-2-1-3-9-4/h1-6H;1-3H,(H2,6,7). The first-order valence-electron chi connectivity index (χ1n) is 4.30. The maximum Gasteiger partial charge on any atom is 0.410 e. The molecule has 1 aromatic carbocycles. The molecule has 1 amide bonds. The van der Waals surface area contributed by atoms with Gasteiger partial charge in [-0.3, -0.25) is 0 Å². The second-order valence-electron chi connectivity index (χ2n) is 2.51. The van der Waals surface area contributed by atoms with Crippen molar-refractivity contribution in [3.05, 3.63) is 53.9 Å². The molecule has 3 nitrogen and oxygen atoms in total. The average molecular weight is 221 g/mol. The van der Waals surface area contributed by atoms with Crippen molar-refractivity contribution in [1.82, 2.24) is 0 Å². The molecular formula is C11H11NO2S. The van der Waals surface area contributed by atoms with Crippen molar-refractivity contribution in [2.75, 3.05) is 0 Å². The number of carbonyl (C=O) groups excluding carboxylic acids is 1. The Morgan fingerprint density at radius 1 is 1.07 bits per heavy atom. The first kappa shape index (κ1) is 11.3. The maximum atomic E-state index is 10.1. The van der Waals surface area contributed by atoms with Crippen molar-refractivity contribution in [2.45, 2.75) is 0 Å². The van der Waals surface area contributed by atoms with E-state index in [1.54, 1.807) is 17.5 Å². The van der Waals surface area contributed by atoms with E-state index in [9.17, 15) is 4.79 Å². The van der Waals surface area contributed by atoms with Crippen LogP contribution in [0.5, 0.6) is 5.06 Å². The lowest BCUT2D eigenvalue weighted by Gasteiger charge is -1.91. The van der Waals surface area contributed by atoms with Crippen LogP contribution in [0.4, 0.5) is 4.79 Å². The number of thiophene rings is 1. The Bertz CT molecular complexity index is 346. The number of primary amides is 1. The maximum absolute atomic E-state index is 10.1. The summed E-state index contributed by atoms with van der Waals surface area (Å²) in [5.41, 5.74) is 4.73. The zero-order chi connectivity index (χ0) is 10.9. The Morgan fingerprint density at radius 3 is 1.93 bits per heavy atom. The molecule has 0 saturated heterocycles. The number of hydrogen-bond donors (Lipinski definition) is 1. The Hall–Kier alpha value is -1.81. The van der Waals surface area contributed by atoms with Gasteiger partial charge < -0.3 is 10.5 Å². The van der Waals surface area contributed by atoms with Crippen molar-refractivity contribution in [3.63, 3.8) is 0 Å². The van der Waals surface area contributed by atoms with Gasteiger partial charge in [-0.1, -0.05) is 36.4 Å². The topological polar surface area (TPSA) is 52.3 Å². The van der Waals surface area contributed by atoms with E-state index in [1.807, 2.05) is 36.4 Å². The summed E-state index contributed by atoms with van der Waals surface area (Å²) in [5, 5.41) is 2.33. The zero-order valence-corrected chi connectivity index (χ0v) is 8.81. The molecular weight excluding hydrogens is 210 g/mol. The van der Waals surface area contributed by atoms with Crippen molar-refractivity contribution in [1.29, 1.82) is 0 Å². The molecule has 0 aliphatic carbocycles. The number of amides is 1. The molecule has 0 unspecified atom stereocenters. The first-order chi connectivity index (χ1) is 7.29. The van der Waals surface area contributed by atoms with Gasteiger partial charge in [0.05, 0.1) is 0 Å². The van der Waals surface area contributed by atoms with Crippen LogP contribution in [-0.2, 0) is 0 Å². The van der Waals surface area contributed by atoms with Crippen LogP contribution in [0.15, 0.2) is 53.9 Å². The smallest absolute Gasteiger partial charge is 0.399 e. The van der Waals surface area contributed by atoms with Crippen LogP contribution in [0.3, 0.4) is 0 Å². The highest BCUT2D eigenvalue weighted by atomic mass is 32.1. The minimum Gasteiger partial charge on any atom is -0.399 e. The van der Waals surface area contributed by atoms with E-state index in [2.05, 4.69) is 4.74 Å². The second-order valence-corrected chi connectivity index (χ2v) is 3.42. The Kier molecular flexibility index (Phi) is 4.97. The molecule has 1 heterocycles. The molecule has 0 fully saturated rings. The van der Waals surface area contributed by atoms with Crippen LogP contribution >= 0.6 is 11.3 Å². The SMILES string of the molecule is NC(=O)Oc1cccs1.c1ccccc1. The molecule has 0 aliphatic heterocycles. The molecule has 4 heteroatoms. The Labute approximate surface area is 92.1 Å². The molecule has 15 heavy (non-hydrogen) atoms. The van der Waals surface area contributed by atoms with Crippen molar-refractivity contribution < 1.29 is 9.53 Å². The second kappa shape index (κ2) is 6.62. The molecule has 0 saturated carbocycles. The van der Waals surface area contributed by atoms with Crippen molar-refractivity contribution in [3.8, 4) is 5.06 Å². The van der Waals surface area contributed by atoms with Crippen LogP contribution in [-0.4, -0.2) is 6.09 Å². The molecule has 2 aromatic rings. The predicted molar refractivity (Wildman–Crippen MR) is 61.0 cm³/mol. The first-order valence-corrected chi connectivity index (χ1v) is 5.18. The van der Waals surface area contributed by atoms with Crippen LogP contribution < -0.4 is 10.5 Å². The number of benzene rings is 1. The molecule has 2 rings (SSSR count). The van der Waals surface area contributed by atoms with Gasteiger partial charge in [-0.2, -0.15) is 0 Å². The van der Waals surface area contributed by atoms with Crippen LogP contribution in [0.2, 0.25) is 0 Å². The molecule has 0 spiro atoms. The highest BCUT2D eigenvalue weighted by molar-refractivity contribution is 7.11. The fourth-order valence-electron chi connectivity index (χ4n) is 0.806. The molecule has 0 aliphatic rings. The summed E-state index contributed by atoms with van der Waals surface area (Å²) in [4.78, 5) is 10.1. The highest BCUT2D eigenvalue weighted by Gasteiger charge is 1.95. The van der Waals surface area contributed by atoms with E-state index in [0.29, 0.717) is 5.06 Å². The summed E-state index contributed by atoms with van der Waals surface area (Å²) in [6, 6.07) is 15.5. The summed E-state index contributed by atoms with van der Waals surface area (Å²) in [7, 11) is 0. The van der Waals surface area contributed by atoms with E-state index in [0.717, 1.165) is 0 Å².